The molecule has 1 amide bonds. The summed E-state index contributed by atoms with van der Waals surface area (Å²) in [6.07, 6.45) is 2.10. The van der Waals surface area contributed by atoms with Crippen LogP contribution in [0.3, 0.4) is 0 Å². The van der Waals surface area contributed by atoms with Crippen LogP contribution in [0.2, 0.25) is 0 Å². The van der Waals surface area contributed by atoms with Gasteiger partial charge in [-0.05, 0) is 24.5 Å². The molecule has 23 heavy (non-hydrogen) atoms. The quantitative estimate of drug-likeness (QED) is 0.654. The Morgan fingerprint density at radius 2 is 2.04 bits per heavy atom. The maximum absolute atomic E-state index is 11.6. The van der Waals surface area contributed by atoms with Gasteiger partial charge in [-0.2, -0.15) is 0 Å². The number of fused-ring (bicyclic) bond motifs is 1. The van der Waals surface area contributed by atoms with Crippen molar-refractivity contribution >= 4 is 36.4 Å². The number of hydrogen-bond donors (Lipinski definition) is 2. The third-order valence-corrected chi connectivity index (χ3v) is 3.68. The van der Waals surface area contributed by atoms with Gasteiger partial charge in [-0.3, -0.25) is 4.79 Å². The normalized spacial score (nSPS) is 12.1. The van der Waals surface area contributed by atoms with E-state index < -0.39 is 0 Å². The number of anilines is 1. The van der Waals surface area contributed by atoms with Gasteiger partial charge in [-0.1, -0.05) is 18.2 Å². The number of carbonyl (C=O) groups is 1. The molecule has 0 unspecified atom stereocenters. The molecule has 2 rings (SSSR count). The maximum Gasteiger partial charge on any atom is 0.233 e. The minimum absolute atomic E-state index is 0. The number of nitrogens with zero attached hydrogens (tertiary/aromatic N) is 1. The molecule has 0 saturated heterocycles. The van der Waals surface area contributed by atoms with Gasteiger partial charge in [0, 0.05) is 39.0 Å². The number of halogens is 2. The predicted molar refractivity (Wildman–Crippen MR) is 99.2 cm³/mol. The zero-order chi connectivity index (χ0) is 14.9. The van der Waals surface area contributed by atoms with E-state index in [9.17, 15) is 4.79 Å². The number of hydrogen-bond acceptors (Lipinski definition) is 4. The molecule has 0 aliphatic carbocycles. The van der Waals surface area contributed by atoms with E-state index in [2.05, 4.69) is 39.8 Å². The molecule has 1 aromatic rings. The van der Waals surface area contributed by atoms with Gasteiger partial charge in [-0.15, -0.1) is 24.8 Å². The van der Waals surface area contributed by atoms with Crippen LogP contribution < -0.4 is 15.5 Å². The second-order valence-corrected chi connectivity index (χ2v) is 5.24. The Morgan fingerprint density at radius 3 is 2.83 bits per heavy atom. The fourth-order valence-corrected chi connectivity index (χ4v) is 2.58. The molecule has 5 nitrogen and oxygen atoms in total. The standard InChI is InChI=1S/C16H25N3O2.2ClH/c1-21-12-9-17-13-16(20)18-8-4-10-19-11-7-14-5-2-3-6-15(14)19;;/h2-3,5-6,17H,4,7-13H2,1H3,(H,18,20);2*1H. The van der Waals surface area contributed by atoms with Gasteiger partial charge in [0.05, 0.1) is 13.2 Å². The summed E-state index contributed by atoms with van der Waals surface area (Å²) in [5.74, 6) is 0.0490. The van der Waals surface area contributed by atoms with Crippen LogP contribution in [-0.4, -0.2) is 52.3 Å². The summed E-state index contributed by atoms with van der Waals surface area (Å²) >= 11 is 0. The molecule has 0 radical (unpaired) electrons. The molecule has 7 heteroatoms. The summed E-state index contributed by atoms with van der Waals surface area (Å²) in [5.41, 5.74) is 2.79. The Bertz CT molecular complexity index is 461. The number of rotatable bonds is 9. The Balaban J connectivity index is 0.00000242. The number of benzene rings is 1. The first-order valence-electron chi connectivity index (χ1n) is 7.60. The topological polar surface area (TPSA) is 53.6 Å². The molecule has 1 heterocycles. The number of para-hydroxylation sites is 1. The number of amides is 1. The predicted octanol–water partition coefficient (Wildman–Crippen LogP) is 1.63. The van der Waals surface area contributed by atoms with Gasteiger partial charge in [0.1, 0.15) is 0 Å². The first-order valence-corrected chi connectivity index (χ1v) is 7.60. The van der Waals surface area contributed by atoms with Crippen LogP contribution in [0, 0.1) is 0 Å². The third-order valence-electron chi connectivity index (χ3n) is 3.68. The lowest BCUT2D eigenvalue weighted by atomic mass is 10.2. The fraction of sp³-hybridized carbons (Fsp3) is 0.562. The summed E-state index contributed by atoms with van der Waals surface area (Å²) in [4.78, 5) is 14.0. The van der Waals surface area contributed by atoms with Crippen LogP contribution in [-0.2, 0) is 16.0 Å². The summed E-state index contributed by atoms with van der Waals surface area (Å²) in [6, 6.07) is 8.56. The Labute approximate surface area is 151 Å². The first-order chi connectivity index (χ1) is 10.3. The molecule has 0 atom stereocenters. The van der Waals surface area contributed by atoms with E-state index in [1.807, 2.05) is 0 Å². The molecule has 132 valence electrons. The van der Waals surface area contributed by atoms with E-state index in [0.717, 1.165) is 32.5 Å². The van der Waals surface area contributed by atoms with Crippen molar-refractivity contribution in [2.45, 2.75) is 12.8 Å². The molecule has 0 aromatic heterocycles. The van der Waals surface area contributed by atoms with Gasteiger partial charge in [0.2, 0.25) is 5.91 Å². The number of ether oxygens (including phenoxy) is 1. The maximum atomic E-state index is 11.6. The van der Waals surface area contributed by atoms with E-state index in [1.54, 1.807) is 7.11 Å². The average Bonchev–Trinajstić information content (AvgIpc) is 2.91. The van der Waals surface area contributed by atoms with E-state index in [-0.39, 0.29) is 30.7 Å². The highest BCUT2D eigenvalue weighted by molar-refractivity contribution is 5.85. The van der Waals surface area contributed by atoms with Crippen molar-refractivity contribution in [3.8, 4) is 0 Å². The summed E-state index contributed by atoms with van der Waals surface area (Å²) in [7, 11) is 1.65. The van der Waals surface area contributed by atoms with Crippen LogP contribution in [0.1, 0.15) is 12.0 Å². The molecule has 0 fully saturated rings. The third kappa shape index (κ3) is 7.40. The molecular weight excluding hydrogens is 337 g/mol. The molecule has 0 spiro atoms. The molecule has 1 aliphatic rings. The molecule has 1 aromatic carbocycles. The highest BCUT2D eigenvalue weighted by Gasteiger charge is 2.17. The lowest BCUT2D eigenvalue weighted by molar-refractivity contribution is -0.120. The average molecular weight is 364 g/mol. The smallest absolute Gasteiger partial charge is 0.233 e. The zero-order valence-corrected chi connectivity index (χ0v) is 15.2. The Hall–Kier alpha value is -1.01. The summed E-state index contributed by atoms with van der Waals surface area (Å²) in [6.45, 7) is 4.50. The number of methoxy groups -OCH3 is 1. The Kier molecular flexibility index (Phi) is 11.9. The lowest BCUT2D eigenvalue weighted by Gasteiger charge is -2.19. The highest BCUT2D eigenvalue weighted by atomic mass is 35.5. The molecule has 0 bridgehead atoms. The number of nitrogens with one attached hydrogen (secondary N) is 2. The summed E-state index contributed by atoms with van der Waals surface area (Å²) < 4.78 is 4.91. The largest absolute Gasteiger partial charge is 0.383 e. The van der Waals surface area contributed by atoms with Crippen LogP contribution in [0.5, 0.6) is 0 Å². The minimum Gasteiger partial charge on any atom is -0.383 e. The molecular formula is C16H27Cl2N3O2. The van der Waals surface area contributed by atoms with E-state index in [4.69, 9.17) is 4.74 Å². The van der Waals surface area contributed by atoms with Crippen LogP contribution in [0.15, 0.2) is 24.3 Å². The van der Waals surface area contributed by atoms with E-state index in [1.165, 1.54) is 11.3 Å². The molecule has 1 aliphatic heterocycles. The van der Waals surface area contributed by atoms with Gasteiger partial charge < -0.3 is 20.3 Å². The number of carbonyl (C=O) groups excluding carboxylic acids is 1. The van der Waals surface area contributed by atoms with E-state index >= 15 is 0 Å². The van der Waals surface area contributed by atoms with Crippen molar-refractivity contribution in [1.82, 2.24) is 10.6 Å². The zero-order valence-electron chi connectivity index (χ0n) is 13.5. The van der Waals surface area contributed by atoms with Gasteiger partial charge in [0.15, 0.2) is 0 Å². The lowest BCUT2D eigenvalue weighted by Crippen LogP contribution is -2.36. The van der Waals surface area contributed by atoms with Crippen LogP contribution >= 0.6 is 24.8 Å². The SMILES string of the molecule is COCCNCC(=O)NCCCN1CCc2ccccc21.Cl.Cl. The fourth-order valence-electron chi connectivity index (χ4n) is 2.58. The van der Waals surface area contributed by atoms with Crippen LogP contribution in [0.4, 0.5) is 5.69 Å². The minimum atomic E-state index is 0. The molecule has 0 saturated carbocycles. The van der Waals surface area contributed by atoms with Crippen molar-refractivity contribution in [3.05, 3.63) is 29.8 Å². The van der Waals surface area contributed by atoms with Crippen molar-refractivity contribution in [2.24, 2.45) is 0 Å². The second-order valence-electron chi connectivity index (χ2n) is 5.24. The molecule has 2 N–H and O–H groups in total. The second kappa shape index (κ2) is 12.4. The van der Waals surface area contributed by atoms with Gasteiger partial charge >= 0.3 is 0 Å². The van der Waals surface area contributed by atoms with Crippen molar-refractivity contribution < 1.29 is 9.53 Å². The highest BCUT2D eigenvalue weighted by Crippen LogP contribution is 2.27. The Morgan fingerprint density at radius 1 is 1.26 bits per heavy atom. The van der Waals surface area contributed by atoms with Gasteiger partial charge in [0.25, 0.3) is 0 Å². The first kappa shape index (κ1) is 22.0. The van der Waals surface area contributed by atoms with Crippen molar-refractivity contribution in [2.75, 3.05) is 51.3 Å². The van der Waals surface area contributed by atoms with E-state index in [0.29, 0.717) is 19.7 Å². The van der Waals surface area contributed by atoms with Crippen LogP contribution in [0.25, 0.3) is 0 Å². The van der Waals surface area contributed by atoms with Gasteiger partial charge in [-0.25, -0.2) is 0 Å². The summed E-state index contributed by atoms with van der Waals surface area (Å²) in [5, 5.41) is 5.97. The monoisotopic (exact) mass is 363 g/mol. The van der Waals surface area contributed by atoms with Crippen molar-refractivity contribution in [1.29, 1.82) is 0 Å². The van der Waals surface area contributed by atoms with Crippen molar-refractivity contribution in [3.63, 3.8) is 0 Å².